The molecule has 8 heterocycles. The Bertz CT molecular complexity index is 1540. The van der Waals surface area contributed by atoms with Gasteiger partial charge in [0.05, 0.1) is 25.4 Å². The molecule has 0 radical (unpaired) electrons. The minimum atomic E-state index is -0.872. The van der Waals surface area contributed by atoms with Gasteiger partial charge in [-0.3, -0.25) is 29.2 Å². The second-order valence-electron chi connectivity index (χ2n) is 21.5. The second-order valence-corrected chi connectivity index (χ2v) is 21.5. The van der Waals surface area contributed by atoms with E-state index in [0.717, 1.165) is 130 Å². The van der Waals surface area contributed by atoms with Gasteiger partial charge in [0.2, 0.25) is 0 Å². The maximum atomic E-state index is 12.4. The minimum Gasteiger partial charge on any atom is -0.480 e. The number of rotatable bonds is 14. The maximum absolute atomic E-state index is 12.4. The quantitative estimate of drug-likeness (QED) is 0.242. The van der Waals surface area contributed by atoms with E-state index in [1.807, 2.05) is 13.8 Å². The lowest BCUT2D eigenvalue weighted by atomic mass is 9.84. The van der Waals surface area contributed by atoms with E-state index in [1.54, 1.807) is 0 Å². The van der Waals surface area contributed by atoms with Gasteiger partial charge in [-0.2, -0.15) is 0 Å². The van der Waals surface area contributed by atoms with Crippen LogP contribution in [-0.2, 0) is 38.1 Å². The van der Waals surface area contributed by atoms with Crippen molar-refractivity contribution >= 4 is 23.9 Å². The fourth-order valence-electron chi connectivity index (χ4n) is 11.9. The number of nitrogens with zero attached hydrogens (tertiary/aromatic N) is 8. The molecule has 2 N–H and O–H groups in total. The molecule has 0 aromatic rings. The first-order valence-corrected chi connectivity index (χ1v) is 27.4. The number of hydrogen-bond donors (Lipinski definition) is 2. The van der Waals surface area contributed by atoms with Crippen LogP contribution < -0.4 is 0 Å². The van der Waals surface area contributed by atoms with Gasteiger partial charge in [0.25, 0.3) is 0 Å². The first kappa shape index (κ1) is 58.4. The molecule has 8 rings (SSSR count). The topological polar surface area (TPSA) is 172 Å². The summed E-state index contributed by atoms with van der Waals surface area (Å²) < 4.78 is 21.2. The highest BCUT2D eigenvalue weighted by atomic mass is 16.6. The Hall–Kier alpha value is -2.52. The highest BCUT2D eigenvalue weighted by Gasteiger charge is 2.48. The van der Waals surface area contributed by atoms with Crippen molar-refractivity contribution in [2.24, 2.45) is 0 Å². The third-order valence-electron chi connectivity index (χ3n) is 16.6. The second kappa shape index (κ2) is 30.0. The van der Waals surface area contributed by atoms with E-state index in [4.69, 9.17) is 24.1 Å². The van der Waals surface area contributed by atoms with Gasteiger partial charge in [-0.1, -0.05) is 12.8 Å². The fraction of sp³-hybridized carbons (Fsp3) is 0.923. The molecular weight excluding hydrogens is 897 g/mol. The molecule has 0 spiro atoms. The Labute approximate surface area is 421 Å². The van der Waals surface area contributed by atoms with Gasteiger partial charge in [-0.05, 0) is 184 Å². The van der Waals surface area contributed by atoms with Gasteiger partial charge in [-0.25, -0.2) is 9.59 Å². The molecular formula is C52H96N8O10. The molecule has 0 bridgehead atoms. The number of aliphatic carboxylic acids is 2. The van der Waals surface area contributed by atoms with E-state index in [2.05, 4.69) is 67.4 Å². The van der Waals surface area contributed by atoms with Crippen LogP contribution in [0.2, 0.25) is 0 Å². The number of carbonyl (C=O) groups excluding carboxylic acids is 2. The van der Waals surface area contributed by atoms with Gasteiger partial charge < -0.3 is 48.8 Å². The molecule has 18 heteroatoms. The SMILES string of the molecule is CCOC(=O)C1(N2CCCCC2)CCN(C)CC1.CCOC(=O)COC1CCN(C2CCN(C)CC2)C1.CN1CCC(C(=O)O)(N2CCCCC2)CC1.CN1CCC(N2CCC(OCC(=O)O)C2)CC1. The van der Waals surface area contributed by atoms with E-state index in [0.29, 0.717) is 25.3 Å². The van der Waals surface area contributed by atoms with Crippen LogP contribution >= 0.6 is 0 Å². The molecule has 8 saturated heterocycles. The number of piperidine rings is 6. The van der Waals surface area contributed by atoms with Crippen LogP contribution in [0.25, 0.3) is 0 Å². The summed E-state index contributed by atoms with van der Waals surface area (Å²) >= 11 is 0. The van der Waals surface area contributed by atoms with E-state index in [9.17, 15) is 24.3 Å². The van der Waals surface area contributed by atoms with Gasteiger partial charge in [0, 0.05) is 64.4 Å². The Morgan fingerprint density at radius 1 is 0.471 bits per heavy atom. The summed E-state index contributed by atoms with van der Waals surface area (Å²) in [5.74, 6) is -1.72. The summed E-state index contributed by atoms with van der Waals surface area (Å²) in [5.41, 5.74) is -0.893. The van der Waals surface area contributed by atoms with Gasteiger partial charge in [0.1, 0.15) is 24.3 Å². The molecule has 8 aliphatic rings. The van der Waals surface area contributed by atoms with Crippen molar-refractivity contribution < 1.29 is 48.3 Å². The monoisotopic (exact) mass is 993 g/mol. The van der Waals surface area contributed by atoms with Gasteiger partial charge in [-0.15, -0.1) is 0 Å². The molecule has 404 valence electrons. The van der Waals surface area contributed by atoms with Crippen molar-refractivity contribution in [3.05, 3.63) is 0 Å². The van der Waals surface area contributed by atoms with E-state index >= 15 is 0 Å². The zero-order chi connectivity index (χ0) is 50.5. The van der Waals surface area contributed by atoms with Crippen LogP contribution in [0.3, 0.4) is 0 Å². The van der Waals surface area contributed by atoms with Gasteiger partial charge >= 0.3 is 23.9 Å². The third-order valence-corrected chi connectivity index (χ3v) is 16.6. The van der Waals surface area contributed by atoms with Crippen molar-refractivity contribution in [2.45, 2.75) is 152 Å². The predicted octanol–water partition coefficient (Wildman–Crippen LogP) is 3.51. The Morgan fingerprint density at radius 2 is 0.857 bits per heavy atom. The molecule has 0 saturated carbocycles. The highest BCUT2D eigenvalue weighted by molar-refractivity contribution is 5.81. The summed E-state index contributed by atoms with van der Waals surface area (Å²) in [5, 5.41) is 18.1. The number of ether oxygens (including phenoxy) is 4. The molecule has 18 nitrogen and oxygen atoms in total. The average Bonchev–Trinajstić information content (AvgIpc) is 4.06. The number of carbonyl (C=O) groups is 4. The Morgan fingerprint density at radius 3 is 1.26 bits per heavy atom. The zero-order valence-electron chi connectivity index (χ0n) is 44.5. The van der Waals surface area contributed by atoms with Gasteiger partial charge in [0.15, 0.2) is 0 Å². The molecule has 2 unspecified atom stereocenters. The molecule has 70 heavy (non-hydrogen) atoms. The largest absolute Gasteiger partial charge is 0.480 e. The maximum Gasteiger partial charge on any atom is 0.332 e. The average molecular weight is 993 g/mol. The van der Waals surface area contributed by atoms with Crippen LogP contribution in [0.4, 0.5) is 0 Å². The summed E-state index contributed by atoms with van der Waals surface area (Å²) in [6.07, 6.45) is 18.0. The summed E-state index contributed by atoms with van der Waals surface area (Å²) in [7, 11) is 8.55. The summed E-state index contributed by atoms with van der Waals surface area (Å²) in [4.78, 5) is 64.7. The number of carboxylic acids is 2. The number of esters is 2. The summed E-state index contributed by atoms with van der Waals surface area (Å²) in [6, 6.07) is 1.37. The number of carboxylic acid groups (broad SMARTS) is 2. The molecule has 0 amide bonds. The lowest BCUT2D eigenvalue weighted by Gasteiger charge is -2.47. The van der Waals surface area contributed by atoms with E-state index in [1.165, 1.54) is 77.5 Å². The molecule has 2 atom stereocenters. The third kappa shape index (κ3) is 17.9. The summed E-state index contributed by atoms with van der Waals surface area (Å²) in [6.45, 7) is 21.2. The smallest absolute Gasteiger partial charge is 0.332 e. The molecule has 8 aliphatic heterocycles. The van der Waals surface area contributed by atoms with Crippen molar-refractivity contribution in [1.29, 1.82) is 0 Å². The Balaban J connectivity index is 0.000000174. The Kier molecular flexibility index (Phi) is 25.0. The first-order valence-electron chi connectivity index (χ1n) is 27.4. The van der Waals surface area contributed by atoms with Crippen LogP contribution in [0.15, 0.2) is 0 Å². The van der Waals surface area contributed by atoms with Crippen molar-refractivity contribution in [3.8, 4) is 0 Å². The zero-order valence-corrected chi connectivity index (χ0v) is 44.5. The lowest BCUT2D eigenvalue weighted by Crippen LogP contribution is -2.61. The lowest BCUT2D eigenvalue weighted by molar-refractivity contribution is -0.162. The van der Waals surface area contributed by atoms with Crippen molar-refractivity contribution in [1.82, 2.24) is 39.2 Å². The van der Waals surface area contributed by atoms with Crippen molar-refractivity contribution in [2.75, 3.05) is 159 Å². The standard InChI is InChI=1S/C14H26N2O3.C14H26N2O2.C12H22N2O3.C12H22N2O2/c1-3-18-14(17)11-19-13-6-9-16(10-13)12-4-7-15(2)8-5-12;1-3-18-13(17)14(7-11-15(2)12-8-14)16-9-5-4-6-10-16;1-13-5-2-10(3-6-13)14-7-4-11(8-14)17-9-12(15)16;1-13-9-5-12(6-10-13,11(15)16)14-7-3-2-4-8-14/h12-13H,3-11H2,1-2H3;3-12H2,1-2H3;10-11H,2-9H2,1H3,(H,15,16);2-10H2,1H3,(H,15,16). The van der Waals surface area contributed by atoms with Crippen LogP contribution in [-0.4, -0.2) is 268 Å². The molecule has 0 aromatic heterocycles. The minimum absolute atomic E-state index is 0.0139. The number of hydrogen-bond acceptors (Lipinski definition) is 16. The molecule has 8 fully saturated rings. The van der Waals surface area contributed by atoms with Crippen LogP contribution in [0.5, 0.6) is 0 Å². The highest BCUT2D eigenvalue weighted by Crippen LogP contribution is 2.34. The number of likely N-dealkylation sites (tertiary alicyclic amines) is 8. The van der Waals surface area contributed by atoms with Crippen molar-refractivity contribution in [3.63, 3.8) is 0 Å². The first-order chi connectivity index (χ1) is 33.7. The fourth-order valence-corrected chi connectivity index (χ4v) is 11.9. The van der Waals surface area contributed by atoms with E-state index < -0.39 is 17.5 Å². The predicted molar refractivity (Wildman–Crippen MR) is 271 cm³/mol. The van der Waals surface area contributed by atoms with Crippen LogP contribution in [0, 0.1) is 0 Å². The normalized spacial score (nSPS) is 27.2. The van der Waals surface area contributed by atoms with Crippen LogP contribution in [0.1, 0.15) is 117 Å². The molecule has 0 aliphatic carbocycles. The van der Waals surface area contributed by atoms with E-state index in [-0.39, 0.29) is 42.9 Å². The molecule has 0 aromatic carbocycles.